The van der Waals surface area contributed by atoms with Crippen molar-refractivity contribution in [2.75, 3.05) is 11.1 Å². The molecule has 162 valence electrons. The van der Waals surface area contributed by atoms with Crippen LogP contribution in [0.15, 0.2) is 54.7 Å². The van der Waals surface area contributed by atoms with Crippen molar-refractivity contribution in [3.8, 4) is 5.75 Å². The molecule has 6 atom stereocenters. The number of hydrogen-bond acceptors (Lipinski definition) is 5. The standard InChI is InChI=1S/C25H28FN3O2/c1-2-16(25(30)29-22-6-4-3-5-20(22)27)24-17-12-15(13-18(17)24)31-23-9-10-28-21-8-7-14(26)11-19(21)23/h3-11,15-18,24-25,29-30H,2,12-13,27H2,1H3/t15?,16?,17-,18+,24+,25?. The molecule has 2 aromatic carbocycles. The summed E-state index contributed by atoms with van der Waals surface area (Å²) in [7, 11) is 0. The van der Waals surface area contributed by atoms with Gasteiger partial charge in [0.25, 0.3) is 0 Å². The van der Waals surface area contributed by atoms with Crippen molar-refractivity contribution >= 4 is 22.3 Å². The summed E-state index contributed by atoms with van der Waals surface area (Å²) in [5.74, 6) is 2.19. The first-order valence-corrected chi connectivity index (χ1v) is 11.0. The van der Waals surface area contributed by atoms with E-state index in [-0.39, 0.29) is 17.8 Å². The molecule has 31 heavy (non-hydrogen) atoms. The Labute approximate surface area is 181 Å². The lowest BCUT2D eigenvalue weighted by Gasteiger charge is -2.27. The Morgan fingerprint density at radius 3 is 2.71 bits per heavy atom. The highest BCUT2D eigenvalue weighted by Crippen LogP contribution is 2.62. The van der Waals surface area contributed by atoms with Gasteiger partial charge >= 0.3 is 0 Å². The molecule has 0 radical (unpaired) electrons. The van der Waals surface area contributed by atoms with Crippen molar-refractivity contribution in [3.05, 3.63) is 60.5 Å². The van der Waals surface area contributed by atoms with Crippen molar-refractivity contribution in [1.29, 1.82) is 0 Å². The number of nitrogens with zero attached hydrogens (tertiary/aromatic N) is 1. The quantitative estimate of drug-likeness (QED) is 0.377. The van der Waals surface area contributed by atoms with Gasteiger partial charge in [0.15, 0.2) is 0 Å². The molecule has 5 nitrogen and oxygen atoms in total. The number of fused-ring (bicyclic) bond motifs is 2. The van der Waals surface area contributed by atoms with Crippen molar-refractivity contribution in [1.82, 2.24) is 4.98 Å². The summed E-state index contributed by atoms with van der Waals surface area (Å²) in [6.07, 6.45) is 4.02. The Morgan fingerprint density at radius 2 is 1.97 bits per heavy atom. The van der Waals surface area contributed by atoms with Crippen LogP contribution in [0.4, 0.5) is 15.8 Å². The van der Waals surface area contributed by atoms with Crippen LogP contribution in [0.3, 0.4) is 0 Å². The van der Waals surface area contributed by atoms with E-state index in [1.54, 1.807) is 12.3 Å². The highest BCUT2D eigenvalue weighted by atomic mass is 19.1. The topological polar surface area (TPSA) is 80.4 Å². The molecule has 3 unspecified atom stereocenters. The predicted octanol–water partition coefficient (Wildman–Crippen LogP) is 4.82. The van der Waals surface area contributed by atoms with Gasteiger partial charge in [0.1, 0.15) is 17.8 Å². The van der Waals surface area contributed by atoms with Crippen LogP contribution in [0.25, 0.3) is 10.9 Å². The van der Waals surface area contributed by atoms with Gasteiger partial charge < -0.3 is 20.9 Å². The van der Waals surface area contributed by atoms with E-state index in [0.717, 1.165) is 30.5 Å². The normalized spacial score (nSPS) is 26.3. The molecule has 1 heterocycles. The van der Waals surface area contributed by atoms with Gasteiger partial charge in [0, 0.05) is 17.5 Å². The monoisotopic (exact) mass is 421 g/mol. The van der Waals surface area contributed by atoms with E-state index in [9.17, 15) is 9.50 Å². The lowest BCUT2D eigenvalue weighted by atomic mass is 9.92. The van der Waals surface area contributed by atoms with E-state index in [0.29, 0.717) is 34.6 Å². The van der Waals surface area contributed by atoms with E-state index < -0.39 is 6.23 Å². The molecule has 0 amide bonds. The van der Waals surface area contributed by atoms with Crippen molar-refractivity contribution in [2.24, 2.45) is 23.7 Å². The van der Waals surface area contributed by atoms with Gasteiger partial charge in [-0.25, -0.2) is 4.39 Å². The average Bonchev–Trinajstić information content (AvgIpc) is 3.23. The second-order valence-corrected chi connectivity index (χ2v) is 8.84. The van der Waals surface area contributed by atoms with Gasteiger partial charge in [-0.2, -0.15) is 0 Å². The van der Waals surface area contributed by atoms with E-state index in [1.807, 2.05) is 30.3 Å². The summed E-state index contributed by atoms with van der Waals surface area (Å²) in [4.78, 5) is 4.30. The number of hydrogen-bond donors (Lipinski definition) is 3. The van der Waals surface area contributed by atoms with Gasteiger partial charge in [0.05, 0.1) is 23.0 Å². The summed E-state index contributed by atoms with van der Waals surface area (Å²) >= 11 is 0. The third kappa shape index (κ3) is 3.81. The zero-order valence-electron chi connectivity index (χ0n) is 17.5. The average molecular weight is 422 g/mol. The van der Waals surface area contributed by atoms with Gasteiger partial charge in [0.2, 0.25) is 0 Å². The molecule has 2 aliphatic carbocycles. The summed E-state index contributed by atoms with van der Waals surface area (Å²) in [6, 6.07) is 13.9. The third-order valence-electron chi connectivity index (χ3n) is 7.06. The Morgan fingerprint density at radius 1 is 1.19 bits per heavy atom. The van der Waals surface area contributed by atoms with E-state index >= 15 is 0 Å². The van der Waals surface area contributed by atoms with Crippen molar-refractivity contribution in [3.63, 3.8) is 0 Å². The number of nitrogen functional groups attached to an aromatic ring is 1. The van der Waals surface area contributed by atoms with E-state index in [1.165, 1.54) is 12.1 Å². The molecule has 5 rings (SSSR count). The molecule has 0 bridgehead atoms. The minimum Gasteiger partial charge on any atom is -0.490 e. The Hall–Kier alpha value is -2.86. The SMILES string of the molecule is CCC(C(O)Nc1ccccc1N)[C@H]1[C@@H]2CC(Oc3ccnc4ccc(F)cc34)C[C@@H]21. The maximum atomic E-state index is 13.7. The number of pyridine rings is 1. The molecular weight excluding hydrogens is 393 g/mol. The largest absolute Gasteiger partial charge is 0.490 e. The molecule has 4 N–H and O–H groups in total. The molecule has 2 fully saturated rings. The highest BCUT2D eigenvalue weighted by Gasteiger charge is 2.60. The number of rotatable bonds is 7. The number of aromatic nitrogens is 1. The number of nitrogens with two attached hydrogens (primary N) is 1. The molecule has 6 heteroatoms. The molecule has 0 spiro atoms. The van der Waals surface area contributed by atoms with Crippen LogP contribution in [0.1, 0.15) is 26.2 Å². The van der Waals surface area contributed by atoms with Crippen LogP contribution in [0.5, 0.6) is 5.75 Å². The molecule has 0 saturated heterocycles. The highest BCUT2D eigenvalue weighted by molar-refractivity contribution is 5.84. The zero-order valence-corrected chi connectivity index (χ0v) is 17.5. The fourth-order valence-corrected chi connectivity index (χ4v) is 5.55. The molecule has 3 aromatic rings. The molecular formula is C25H28FN3O2. The van der Waals surface area contributed by atoms with Crippen LogP contribution in [-0.4, -0.2) is 22.4 Å². The van der Waals surface area contributed by atoms with Gasteiger partial charge in [-0.05, 0) is 73.4 Å². The van der Waals surface area contributed by atoms with Crippen LogP contribution < -0.4 is 15.8 Å². The number of aliphatic hydroxyl groups is 1. The minimum atomic E-state index is -0.628. The number of ether oxygens (including phenoxy) is 1. The first-order valence-electron chi connectivity index (χ1n) is 11.0. The maximum absolute atomic E-state index is 13.7. The second-order valence-electron chi connectivity index (χ2n) is 8.84. The zero-order chi connectivity index (χ0) is 21.5. The smallest absolute Gasteiger partial charge is 0.130 e. The lowest BCUT2D eigenvalue weighted by molar-refractivity contribution is 0.0987. The summed E-state index contributed by atoms with van der Waals surface area (Å²) in [6.45, 7) is 2.13. The van der Waals surface area contributed by atoms with Crippen molar-refractivity contribution in [2.45, 2.75) is 38.5 Å². The fourth-order valence-electron chi connectivity index (χ4n) is 5.55. The first-order chi connectivity index (χ1) is 15.0. The van der Waals surface area contributed by atoms with E-state index in [4.69, 9.17) is 10.5 Å². The number of para-hydroxylation sites is 2. The van der Waals surface area contributed by atoms with Gasteiger partial charge in [-0.1, -0.05) is 19.1 Å². The van der Waals surface area contributed by atoms with E-state index in [2.05, 4.69) is 17.2 Å². The van der Waals surface area contributed by atoms with Crippen LogP contribution in [0, 0.1) is 29.5 Å². The minimum absolute atomic E-state index is 0.118. The molecule has 2 saturated carbocycles. The predicted molar refractivity (Wildman–Crippen MR) is 120 cm³/mol. The maximum Gasteiger partial charge on any atom is 0.130 e. The molecule has 1 aromatic heterocycles. The Balaban J connectivity index is 1.22. The van der Waals surface area contributed by atoms with Crippen LogP contribution >= 0.6 is 0 Å². The number of anilines is 2. The van der Waals surface area contributed by atoms with Crippen LogP contribution in [-0.2, 0) is 0 Å². The molecule has 2 aliphatic rings. The van der Waals surface area contributed by atoms with Gasteiger partial charge in [-0.3, -0.25) is 4.98 Å². The number of benzene rings is 2. The second kappa shape index (κ2) is 8.00. The first kappa shape index (κ1) is 20.1. The van der Waals surface area contributed by atoms with Gasteiger partial charge in [-0.15, -0.1) is 0 Å². The Kier molecular flexibility index (Phi) is 5.18. The summed E-state index contributed by atoms with van der Waals surface area (Å²) in [5, 5.41) is 14.8. The summed E-state index contributed by atoms with van der Waals surface area (Å²) in [5.41, 5.74) is 8.17. The number of aliphatic hydroxyl groups excluding tert-OH is 1. The third-order valence-corrected chi connectivity index (χ3v) is 7.06. The number of nitrogens with one attached hydrogen (secondary N) is 1. The van der Waals surface area contributed by atoms with Crippen LogP contribution in [0.2, 0.25) is 0 Å². The van der Waals surface area contributed by atoms with Crippen molar-refractivity contribution < 1.29 is 14.2 Å². The molecule has 0 aliphatic heterocycles. The summed E-state index contributed by atoms with van der Waals surface area (Å²) < 4.78 is 20.0. The Bertz CT molecular complexity index is 1080. The number of halogens is 1. The lowest BCUT2D eigenvalue weighted by Crippen LogP contribution is -2.32. The fraction of sp³-hybridized carbons (Fsp3) is 0.400.